The first-order chi connectivity index (χ1) is 15.9. The van der Waals surface area contributed by atoms with E-state index in [1.165, 1.54) is 16.6 Å². The van der Waals surface area contributed by atoms with E-state index in [2.05, 4.69) is 58.9 Å². The number of rotatable bonds is 8. The van der Waals surface area contributed by atoms with Crippen molar-refractivity contribution >= 4 is 34.7 Å². The number of thiazole rings is 1. The minimum atomic E-state index is 0.375. The predicted octanol–water partition coefficient (Wildman–Crippen LogP) is 3.30. The van der Waals surface area contributed by atoms with E-state index in [0.29, 0.717) is 29.2 Å². The van der Waals surface area contributed by atoms with Crippen LogP contribution < -0.4 is 16.2 Å². The van der Waals surface area contributed by atoms with Crippen LogP contribution in [0.4, 0.5) is 11.6 Å². The highest BCUT2D eigenvalue weighted by molar-refractivity contribution is 7.98. The first kappa shape index (κ1) is 23.7. The number of nitrogens with zero attached hydrogens (tertiary/aromatic N) is 5. The quantitative estimate of drug-likeness (QED) is 0.367. The topological polar surface area (TPSA) is 106 Å². The summed E-state index contributed by atoms with van der Waals surface area (Å²) in [6, 6.07) is 7.88. The lowest BCUT2D eigenvalue weighted by atomic mass is 10.1. The molecule has 0 radical (unpaired) electrons. The van der Waals surface area contributed by atoms with E-state index in [4.69, 9.17) is 21.2 Å². The maximum atomic E-state index is 6.17. The lowest BCUT2D eigenvalue weighted by Crippen LogP contribution is -2.45. The Balaban J connectivity index is 1.39. The zero-order valence-electron chi connectivity index (χ0n) is 19.4. The van der Waals surface area contributed by atoms with Crippen LogP contribution in [0.3, 0.4) is 0 Å². The molecule has 1 fully saturated rings. The number of anilines is 2. The second kappa shape index (κ2) is 10.7. The van der Waals surface area contributed by atoms with Crippen LogP contribution in [0, 0.1) is 13.8 Å². The summed E-state index contributed by atoms with van der Waals surface area (Å²) in [7, 11) is 2.17. The standard InChI is InChI=1S/C23H31N7OS2/c1-15-4-5-17(12-19(15)31-11-10-30-8-6-29(3)7-9-30)22-26-18(16(2)33-22)14-32-23-27-20(24)13-21(25)28-23/h4-5,12-13H,6-11,14H2,1-3H3,(H4,24,25,27,28). The van der Waals surface area contributed by atoms with Crippen molar-refractivity contribution in [3.63, 3.8) is 0 Å². The van der Waals surface area contributed by atoms with Crippen molar-refractivity contribution in [2.24, 2.45) is 0 Å². The summed E-state index contributed by atoms with van der Waals surface area (Å²) in [4.78, 5) is 19.4. The first-order valence-electron chi connectivity index (χ1n) is 11.0. The molecule has 0 aliphatic carbocycles. The largest absolute Gasteiger partial charge is 0.492 e. The zero-order chi connectivity index (χ0) is 23.4. The van der Waals surface area contributed by atoms with Crippen LogP contribution in [-0.2, 0) is 5.75 Å². The van der Waals surface area contributed by atoms with Crippen molar-refractivity contribution < 1.29 is 4.74 Å². The molecule has 0 bridgehead atoms. The van der Waals surface area contributed by atoms with Crippen molar-refractivity contribution in [2.75, 3.05) is 57.8 Å². The Morgan fingerprint density at radius 2 is 1.76 bits per heavy atom. The van der Waals surface area contributed by atoms with Gasteiger partial charge in [-0.1, -0.05) is 23.9 Å². The van der Waals surface area contributed by atoms with Crippen LogP contribution in [0.1, 0.15) is 16.1 Å². The van der Waals surface area contributed by atoms with Gasteiger partial charge in [0.25, 0.3) is 0 Å². The molecule has 3 aromatic rings. The molecule has 1 aliphatic heterocycles. The van der Waals surface area contributed by atoms with Gasteiger partial charge in [-0.2, -0.15) is 0 Å². The minimum Gasteiger partial charge on any atom is -0.492 e. The molecule has 2 aromatic heterocycles. The summed E-state index contributed by atoms with van der Waals surface area (Å²) >= 11 is 3.17. The summed E-state index contributed by atoms with van der Waals surface area (Å²) in [5, 5.41) is 1.55. The number of ether oxygens (including phenoxy) is 1. The Labute approximate surface area is 203 Å². The van der Waals surface area contributed by atoms with E-state index in [1.54, 1.807) is 17.4 Å². The van der Waals surface area contributed by atoms with Crippen LogP contribution in [-0.4, -0.2) is 71.1 Å². The van der Waals surface area contributed by atoms with E-state index in [1.807, 2.05) is 0 Å². The first-order valence-corrected chi connectivity index (χ1v) is 12.8. The van der Waals surface area contributed by atoms with Gasteiger partial charge in [0.05, 0.1) is 5.69 Å². The van der Waals surface area contributed by atoms with Crippen LogP contribution in [0.15, 0.2) is 29.4 Å². The number of aryl methyl sites for hydroxylation is 2. The second-order valence-corrected chi connectivity index (χ2v) is 10.4. The summed E-state index contributed by atoms with van der Waals surface area (Å²) in [5.74, 6) is 2.33. The number of thioether (sulfide) groups is 1. The van der Waals surface area contributed by atoms with Gasteiger partial charge in [-0.05, 0) is 32.5 Å². The van der Waals surface area contributed by atoms with E-state index in [0.717, 1.165) is 60.3 Å². The molecule has 1 aliphatic rings. The number of aromatic nitrogens is 3. The van der Waals surface area contributed by atoms with Gasteiger partial charge in [-0.3, -0.25) is 4.90 Å². The average Bonchev–Trinajstić information content (AvgIpc) is 3.15. The molecule has 4 N–H and O–H groups in total. The monoisotopic (exact) mass is 485 g/mol. The average molecular weight is 486 g/mol. The van der Waals surface area contributed by atoms with E-state index >= 15 is 0 Å². The zero-order valence-corrected chi connectivity index (χ0v) is 21.0. The highest BCUT2D eigenvalue weighted by Crippen LogP contribution is 2.33. The summed E-state index contributed by atoms with van der Waals surface area (Å²) in [5.41, 5.74) is 14.8. The fourth-order valence-corrected chi connectivity index (χ4v) is 5.49. The smallest absolute Gasteiger partial charge is 0.191 e. The van der Waals surface area contributed by atoms with Crippen molar-refractivity contribution in [3.8, 4) is 16.3 Å². The summed E-state index contributed by atoms with van der Waals surface area (Å²) < 4.78 is 6.17. The normalized spacial score (nSPS) is 15.1. The third-order valence-corrected chi connectivity index (χ3v) is 7.59. The predicted molar refractivity (Wildman–Crippen MR) is 137 cm³/mol. The van der Waals surface area contributed by atoms with Crippen LogP contribution >= 0.6 is 23.1 Å². The lowest BCUT2D eigenvalue weighted by Gasteiger charge is -2.32. The molecular formula is C23H31N7OS2. The lowest BCUT2D eigenvalue weighted by molar-refractivity contribution is 0.133. The van der Waals surface area contributed by atoms with E-state index in [-0.39, 0.29) is 0 Å². The molecule has 0 amide bonds. The third-order valence-electron chi connectivity index (χ3n) is 5.67. The molecule has 0 atom stereocenters. The van der Waals surface area contributed by atoms with Gasteiger partial charge in [0.1, 0.15) is 29.0 Å². The van der Waals surface area contributed by atoms with Gasteiger partial charge in [-0.15, -0.1) is 11.3 Å². The number of nitrogens with two attached hydrogens (primary N) is 2. The van der Waals surface area contributed by atoms with Gasteiger partial charge in [0.15, 0.2) is 5.16 Å². The van der Waals surface area contributed by atoms with Crippen molar-refractivity contribution in [2.45, 2.75) is 24.8 Å². The van der Waals surface area contributed by atoms with Crippen LogP contribution in [0.2, 0.25) is 0 Å². The minimum absolute atomic E-state index is 0.375. The molecule has 10 heteroatoms. The summed E-state index contributed by atoms with van der Waals surface area (Å²) in [6.07, 6.45) is 0. The van der Waals surface area contributed by atoms with Crippen molar-refractivity contribution in [1.82, 2.24) is 24.8 Å². The third kappa shape index (κ3) is 6.35. The van der Waals surface area contributed by atoms with Crippen molar-refractivity contribution in [1.29, 1.82) is 0 Å². The molecule has 0 unspecified atom stereocenters. The Kier molecular flexibility index (Phi) is 7.69. The van der Waals surface area contributed by atoms with E-state index in [9.17, 15) is 0 Å². The SMILES string of the molecule is Cc1ccc(-c2nc(CSc3nc(N)cc(N)n3)c(C)s2)cc1OCCN1CCN(C)CC1. The molecule has 4 rings (SSSR count). The van der Waals surface area contributed by atoms with Gasteiger partial charge in [0, 0.05) is 55.0 Å². The Morgan fingerprint density at radius 3 is 2.48 bits per heavy atom. The number of benzene rings is 1. The molecule has 8 nitrogen and oxygen atoms in total. The number of hydrogen-bond acceptors (Lipinski definition) is 10. The van der Waals surface area contributed by atoms with Crippen molar-refractivity contribution in [3.05, 3.63) is 40.4 Å². The van der Waals surface area contributed by atoms with Gasteiger partial charge in [0.2, 0.25) is 0 Å². The highest BCUT2D eigenvalue weighted by Gasteiger charge is 2.15. The van der Waals surface area contributed by atoms with E-state index < -0.39 is 0 Å². The maximum Gasteiger partial charge on any atom is 0.191 e. The summed E-state index contributed by atoms with van der Waals surface area (Å²) in [6.45, 7) is 10.3. The molecule has 0 saturated carbocycles. The number of piperazine rings is 1. The molecular weight excluding hydrogens is 454 g/mol. The fourth-order valence-electron chi connectivity index (χ4n) is 3.59. The van der Waals surface area contributed by atoms with Crippen LogP contribution in [0.25, 0.3) is 10.6 Å². The molecule has 0 spiro atoms. The van der Waals surface area contributed by atoms with Gasteiger partial charge >= 0.3 is 0 Å². The highest BCUT2D eigenvalue weighted by atomic mass is 32.2. The molecule has 176 valence electrons. The fraction of sp³-hybridized carbons (Fsp3) is 0.435. The second-order valence-electron chi connectivity index (χ2n) is 8.28. The Bertz CT molecular complexity index is 1080. The molecule has 1 saturated heterocycles. The van der Waals surface area contributed by atoms with Gasteiger partial charge in [-0.25, -0.2) is 15.0 Å². The molecule has 1 aromatic carbocycles. The van der Waals surface area contributed by atoms with Crippen LogP contribution in [0.5, 0.6) is 5.75 Å². The Morgan fingerprint density at radius 1 is 1.03 bits per heavy atom. The maximum absolute atomic E-state index is 6.17. The number of nitrogen functional groups attached to an aromatic ring is 2. The Hall–Kier alpha value is -2.40. The molecule has 3 heterocycles. The van der Waals surface area contributed by atoms with Gasteiger partial charge < -0.3 is 21.1 Å². The number of likely N-dealkylation sites (N-methyl/N-ethyl adjacent to an activating group) is 1. The molecule has 33 heavy (non-hydrogen) atoms. The number of hydrogen-bond donors (Lipinski definition) is 2.